The van der Waals surface area contributed by atoms with Crippen molar-refractivity contribution in [3.63, 3.8) is 0 Å². The number of rotatable bonds is 8. The molecule has 0 aliphatic heterocycles. The van der Waals surface area contributed by atoms with Crippen LogP contribution in [0.2, 0.25) is 0 Å². The van der Waals surface area contributed by atoms with E-state index in [2.05, 4.69) is 31.4 Å². The lowest BCUT2D eigenvalue weighted by Gasteiger charge is -2.08. The highest BCUT2D eigenvalue weighted by Gasteiger charge is 2.05. The topological polar surface area (TPSA) is 73.3 Å². The molecule has 0 saturated carbocycles. The van der Waals surface area contributed by atoms with E-state index in [1.54, 1.807) is 13.2 Å². The van der Waals surface area contributed by atoms with E-state index in [-0.39, 0.29) is 5.91 Å². The molecule has 6 nitrogen and oxygen atoms in total. The summed E-state index contributed by atoms with van der Waals surface area (Å²) in [7, 11) is 1.63. The number of amides is 1. The normalized spacial score (nSPS) is 10.4. The average Bonchev–Trinajstić information content (AvgIpc) is 2.73. The fraction of sp³-hybridized carbons (Fsp3) is 0.190. The first-order chi connectivity index (χ1) is 13.6. The minimum atomic E-state index is -0.0492. The number of carbonyl (C=O) groups is 1. The van der Waals surface area contributed by atoms with E-state index >= 15 is 0 Å². The van der Waals surface area contributed by atoms with E-state index in [0.29, 0.717) is 25.5 Å². The third-order valence-electron chi connectivity index (χ3n) is 3.98. The summed E-state index contributed by atoms with van der Waals surface area (Å²) >= 11 is 3.38. The van der Waals surface area contributed by atoms with E-state index in [0.717, 1.165) is 27.0 Å². The van der Waals surface area contributed by atoms with Crippen LogP contribution in [-0.4, -0.2) is 36.4 Å². The maximum atomic E-state index is 11.9. The van der Waals surface area contributed by atoms with Gasteiger partial charge in [0.2, 0.25) is 11.8 Å². The van der Waals surface area contributed by atoms with Gasteiger partial charge >= 0.3 is 0 Å². The number of ether oxygens (including phenoxy) is 2. The Labute approximate surface area is 172 Å². The van der Waals surface area contributed by atoms with Crippen LogP contribution in [0, 0.1) is 0 Å². The Balaban J connectivity index is 1.42. The zero-order valence-electron chi connectivity index (χ0n) is 15.4. The Morgan fingerprint density at radius 1 is 1.00 bits per heavy atom. The summed E-state index contributed by atoms with van der Waals surface area (Å²) < 4.78 is 11.7. The summed E-state index contributed by atoms with van der Waals surface area (Å²) in [6.07, 6.45) is 0.337. The van der Waals surface area contributed by atoms with E-state index in [1.807, 2.05) is 54.6 Å². The Kier molecular flexibility index (Phi) is 6.97. The molecule has 0 spiro atoms. The second kappa shape index (κ2) is 9.85. The first-order valence-corrected chi connectivity index (χ1v) is 9.55. The molecule has 1 amide bonds. The highest BCUT2D eigenvalue weighted by atomic mass is 79.9. The first-order valence-electron chi connectivity index (χ1n) is 8.76. The molecule has 28 heavy (non-hydrogen) atoms. The number of hydrogen-bond donors (Lipinski definition) is 1. The molecule has 0 fully saturated rings. The molecule has 0 aliphatic carbocycles. The Morgan fingerprint density at radius 3 is 2.39 bits per heavy atom. The van der Waals surface area contributed by atoms with Crippen LogP contribution in [0.1, 0.15) is 5.56 Å². The number of nitrogens with one attached hydrogen (secondary N) is 1. The number of nitrogens with zero attached hydrogens (tertiary/aromatic N) is 2. The molecular weight excluding hydrogens is 422 g/mol. The van der Waals surface area contributed by atoms with E-state index in [9.17, 15) is 4.79 Å². The molecule has 0 unspecified atom stereocenters. The molecular formula is C21H20BrN3O3. The third-order valence-corrected chi connectivity index (χ3v) is 4.51. The van der Waals surface area contributed by atoms with Crippen LogP contribution in [0.5, 0.6) is 11.6 Å². The molecule has 1 heterocycles. The number of methoxy groups -OCH3 is 1. The predicted octanol–water partition coefficient (Wildman–Crippen LogP) is 3.65. The largest absolute Gasteiger partial charge is 0.497 e. The summed E-state index contributed by atoms with van der Waals surface area (Å²) in [5, 5.41) is 11.1. The van der Waals surface area contributed by atoms with Crippen molar-refractivity contribution >= 4 is 21.8 Å². The van der Waals surface area contributed by atoms with Gasteiger partial charge in [0.25, 0.3) is 0 Å². The van der Waals surface area contributed by atoms with Crippen LogP contribution >= 0.6 is 15.9 Å². The summed E-state index contributed by atoms with van der Waals surface area (Å²) in [4.78, 5) is 11.9. The van der Waals surface area contributed by atoms with Crippen molar-refractivity contribution in [3.8, 4) is 22.9 Å². The molecule has 1 aromatic heterocycles. The van der Waals surface area contributed by atoms with Gasteiger partial charge in [0.15, 0.2) is 0 Å². The monoisotopic (exact) mass is 441 g/mol. The molecule has 2 aromatic carbocycles. The van der Waals surface area contributed by atoms with Gasteiger partial charge in [-0.25, -0.2) is 0 Å². The summed E-state index contributed by atoms with van der Waals surface area (Å²) in [6.45, 7) is 0.722. The van der Waals surface area contributed by atoms with Crippen LogP contribution in [-0.2, 0) is 11.2 Å². The second-order valence-electron chi connectivity index (χ2n) is 5.99. The highest BCUT2D eigenvalue weighted by Crippen LogP contribution is 2.21. The number of hydrogen-bond acceptors (Lipinski definition) is 5. The number of halogens is 1. The first kappa shape index (κ1) is 19.8. The fourth-order valence-corrected chi connectivity index (χ4v) is 2.77. The summed E-state index contributed by atoms with van der Waals surface area (Å²) in [5.41, 5.74) is 2.65. The van der Waals surface area contributed by atoms with Crippen LogP contribution in [0.3, 0.4) is 0 Å². The maximum Gasteiger partial charge on any atom is 0.233 e. The van der Waals surface area contributed by atoms with E-state index in [1.165, 1.54) is 0 Å². The molecule has 0 aliphatic rings. The van der Waals surface area contributed by atoms with Crippen molar-refractivity contribution in [3.05, 3.63) is 70.7 Å². The quantitative estimate of drug-likeness (QED) is 0.540. The Morgan fingerprint density at radius 2 is 1.75 bits per heavy atom. The maximum absolute atomic E-state index is 11.9. The van der Waals surface area contributed by atoms with Gasteiger partial charge in [0.1, 0.15) is 12.4 Å². The lowest BCUT2D eigenvalue weighted by atomic mass is 10.1. The van der Waals surface area contributed by atoms with Crippen molar-refractivity contribution in [2.24, 2.45) is 0 Å². The van der Waals surface area contributed by atoms with Gasteiger partial charge in [-0.2, -0.15) is 0 Å². The SMILES string of the molecule is COc1ccc(-c2ccc(OCCNC(=O)Cc3ccc(Br)cc3)nn2)cc1. The molecule has 3 aromatic rings. The second-order valence-corrected chi connectivity index (χ2v) is 6.90. The molecule has 7 heteroatoms. The molecule has 0 atom stereocenters. The molecule has 0 saturated heterocycles. The lowest BCUT2D eigenvalue weighted by molar-refractivity contribution is -0.120. The zero-order chi connectivity index (χ0) is 19.8. The fourth-order valence-electron chi connectivity index (χ4n) is 2.51. The van der Waals surface area contributed by atoms with Crippen molar-refractivity contribution < 1.29 is 14.3 Å². The molecule has 144 valence electrons. The number of aromatic nitrogens is 2. The van der Waals surface area contributed by atoms with Crippen LogP contribution < -0.4 is 14.8 Å². The third kappa shape index (κ3) is 5.79. The lowest BCUT2D eigenvalue weighted by Crippen LogP contribution is -2.29. The summed E-state index contributed by atoms with van der Waals surface area (Å²) in [6, 6.07) is 18.9. The molecule has 0 radical (unpaired) electrons. The van der Waals surface area contributed by atoms with Crippen molar-refractivity contribution in [2.45, 2.75) is 6.42 Å². The van der Waals surface area contributed by atoms with Crippen LogP contribution in [0.4, 0.5) is 0 Å². The minimum Gasteiger partial charge on any atom is -0.497 e. The summed E-state index contributed by atoms with van der Waals surface area (Å²) in [5.74, 6) is 1.16. The van der Waals surface area contributed by atoms with Gasteiger partial charge in [-0.05, 0) is 48.0 Å². The van der Waals surface area contributed by atoms with E-state index in [4.69, 9.17) is 9.47 Å². The number of benzene rings is 2. The Hall–Kier alpha value is -2.93. The highest BCUT2D eigenvalue weighted by molar-refractivity contribution is 9.10. The average molecular weight is 442 g/mol. The minimum absolute atomic E-state index is 0.0492. The molecule has 3 rings (SSSR count). The van der Waals surface area contributed by atoms with Gasteiger partial charge in [-0.3, -0.25) is 4.79 Å². The van der Waals surface area contributed by atoms with Gasteiger partial charge < -0.3 is 14.8 Å². The van der Waals surface area contributed by atoms with Crippen molar-refractivity contribution in [1.82, 2.24) is 15.5 Å². The van der Waals surface area contributed by atoms with Crippen molar-refractivity contribution in [1.29, 1.82) is 0 Å². The zero-order valence-corrected chi connectivity index (χ0v) is 17.0. The van der Waals surface area contributed by atoms with Crippen molar-refractivity contribution in [2.75, 3.05) is 20.3 Å². The number of carbonyl (C=O) groups excluding carboxylic acids is 1. The van der Waals surface area contributed by atoms with Gasteiger partial charge in [0, 0.05) is 16.1 Å². The van der Waals surface area contributed by atoms with Crippen LogP contribution in [0.15, 0.2) is 65.1 Å². The van der Waals surface area contributed by atoms with E-state index < -0.39 is 0 Å². The van der Waals surface area contributed by atoms with Gasteiger partial charge in [-0.15, -0.1) is 10.2 Å². The standard InChI is InChI=1S/C21H20BrN3O3/c1-27-18-8-4-16(5-9-18)19-10-11-21(25-24-19)28-13-12-23-20(26)14-15-2-6-17(22)7-3-15/h2-11H,12-14H2,1H3,(H,23,26). The van der Waals surface area contributed by atoms with Gasteiger partial charge in [0.05, 0.1) is 25.8 Å². The Bertz CT molecular complexity index is 898. The van der Waals surface area contributed by atoms with Crippen LogP contribution in [0.25, 0.3) is 11.3 Å². The molecule has 0 bridgehead atoms. The molecule has 1 N–H and O–H groups in total. The predicted molar refractivity (Wildman–Crippen MR) is 110 cm³/mol. The smallest absolute Gasteiger partial charge is 0.233 e. The van der Waals surface area contributed by atoms with Gasteiger partial charge in [-0.1, -0.05) is 28.1 Å².